The van der Waals surface area contributed by atoms with Crippen LogP contribution < -0.4 is 0 Å². The van der Waals surface area contributed by atoms with Gasteiger partial charge in [0.1, 0.15) is 6.04 Å². The Morgan fingerprint density at radius 3 is 2.24 bits per heavy atom. The third-order valence-corrected chi connectivity index (χ3v) is 5.31. The van der Waals surface area contributed by atoms with Crippen LogP contribution in [0.2, 0.25) is 0 Å². The predicted octanol–water partition coefficient (Wildman–Crippen LogP) is 1.21. The van der Waals surface area contributed by atoms with Crippen molar-refractivity contribution in [2.75, 3.05) is 7.05 Å². The van der Waals surface area contributed by atoms with Crippen molar-refractivity contribution in [1.29, 1.82) is 0 Å². The normalized spacial score (nSPS) is 43.1. The van der Waals surface area contributed by atoms with Gasteiger partial charge >= 0.3 is 5.97 Å². The molecule has 2 bridgehead atoms. The highest BCUT2D eigenvalue weighted by Gasteiger charge is 2.68. The number of fused-ring (bicyclic) bond motifs is 5. The number of nitrogens with zero attached hydrogens (tertiary/aromatic N) is 1. The number of carboxylic acids is 1. The number of aliphatic carboxylic acids is 1. The summed E-state index contributed by atoms with van der Waals surface area (Å²) in [6.45, 7) is 1.58. The first kappa shape index (κ1) is 11.1. The minimum Gasteiger partial charge on any atom is -0.480 e. The van der Waals surface area contributed by atoms with Crippen LogP contribution in [-0.4, -0.2) is 35.0 Å². The minimum absolute atomic E-state index is 0.0616. The summed E-state index contributed by atoms with van der Waals surface area (Å²) in [6.07, 6.45) is 3.89. The van der Waals surface area contributed by atoms with E-state index in [4.69, 9.17) is 5.11 Å². The third kappa shape index (κ3) is 1.42. The topological polar surface area (TPSA) is 57.6 Å². The molecule has 1 amide bonds. The fourth-order valence-corrected chi connectivity index (χ4v) is 4.25. The first-order valence-corrected chi connectivity index (χ1v) is 6.52. The molecule has 4 heteroatoms. The molecule has 17 heavy (non-hydrogen) atoms. The van der Waals surface area contributed by atoms with Crippen molar-refractivity contribution in [1.82, 2.24) is 4.90 Å². The highest BCUT2D eigenvalue weighted by Crippen LogP contribution is 2.69. The predicted molar refractivity (Wildman–Crippen MR) is 61.2 cm³/mol. The Morgan fingerprint density at radius 2 is 1.76 bits per heavy atom. The molecule has 3 saturated carbocycles. The zero-order chi connectivity index (χ0) is 12.3. The van der Waals surface area contributed by atoms with Gasteiger partial charge in [0.25, 0.3) is 0 Å². The number of hydrogen-bond donors (Lipinski definition) is 1. The summed E-state index contributed by atoms with van der Waals surface area (Å²) in [5, 5.41) is 8.93. The lowest BCUT2D eigenvalue weighted by Gasteiger charge is -2.23. The fourth-order valence-electron chi connectivity index (χ4n) is 4.25. The molecule has 0 heterocycles. The summed E-state index contributed by atoms with van der Waals surface area (Å²) in [4.78, 5) is 24.5. The number of carboxylic acid groups (broad SMARTS) is 1. The third-order valence-electron chi connectivity index (χ3n) is 5.31. The summed E-state index contributed by atoms with van der Waals surface area (Å²) >= 11 is 0. The van der Waals surface area contributed by atoms with Crippen molar-refractivity contribution in [2.24, 2.45) is 29.6 Å². The Labute approximate surface area is 101 Å². The molecule has 3 aliphatic rings. The lowest BCUT2D eigenvalue weighted by molar-refractivity contribution is -0.149. The summed E-state index contributed by atoms with van der Waals surface area (Å²) in [5.41, 5.74) is 0. The maximum absolute atomic E-state index is 12.2. The van der Waals surface area contributed by atoms with E-state index in [2.05, 4.69) is 0 Å². The molecule has 3 rings (SSSR count). The molecule has 0 aromatic heterocycles. The second-order valence-electron chi connectivity index (χ2n) is 5.98. The molecule has 0 radical (unpaired) electrons. The molecule has 5 unspecified atom stereocenters. The first-order chi connectivity index (χ1) is 8.02. The number of likely N-dealkylation sites (N-methyl/N-ethyl adjacent to an activating group) is 1. The van der Waals surface area contributed by atoms with Gasteiger partial charge in [-0.3, -0.25) is 4.79 Å². The summed E-state index contributed by atoms with van der Waals surface area (Å²) in [7, 11) is 1.62. The van der Waals surface area contributed by atoms with E-state index < -0.39 is 12.0 Å². The average Bonchev–Trinajstić information content (AvgIpc) is 2.74. The molecule has 94 valence electrons. The number of rotatable bonds is 3. The number of amides is 1. The zero-order valence-corrected chi connectivity index (χ0v) is 10.3. The fraction of sp³-hybridized carbons (Fsp3) is 0.846. The molecule has 4 nitrogen and oxygen atoms in total. The second kappa shape index (κ2) is 3.47. The minimum atomic E-state index is -0.922. The second-order valence-corrected chi connectivity index (χ2v) is 5.98. The maximum atomic E-state index is 12.2. The van der Waals surface area contributed by atoms with Gasteiger partial charge in [0.05, 0.1) is 0 Å². The number of hydrogen-bond acceptors (Lipinski definition) is 2. The van der Waals surface area contributed by atoms with Gasteiger partial charge < -0.3 is 10.0 Å². The molecule has 0 aromatic carbocycles. The Balaban J connectivity index is 1.67. The van der Waals surface area contributed by atoms with E-state index in [-0.39, 0.29) is 11.8 Å². The zero-order valence-electron chi connectivity index (χ0n) is 10.3. The van der Waals surface area contributed by atoms with Crippen LogP contribution >= 0.6 is 0 Å². The first-order valence-electron chi connectivity index (χ1n) is 6.52. The van der Waals surface area contributed by atoms with Crippen molar-refractivity contribution in [3.8, 4) is 0 Å². The van der Waals surface area contributed by atoms with Crippen molar-refractivity contribution < 1.29 is 14.7 Å². The summed E-state index contributed by atoms with van der Waals surface area (Å²) in [6, 6.07) is -0.707. The van der Waals surface area contributed by atoms with Gasteiger partial charge in [-0.25, -0.2) is 4.79 Å². The Morgan fingerprint density at radius 1 is 1.24 bits per heavy atom. The molecule has 3 aliphatic carbocycles. The average molecular weight is 237 g/mol. The highest BCUT2D eigenvalue weighted by molar-refractivity contribution is 5.87. The lowest BCUT2D eigenvalue weighted by atomic mass is 10.0. The van der Waals surface area contributed by atoms with Crippen molar-refractivity contribution in [3.63, 3.8) is 0 Å². The van der Waals surface area contributed by atoms with Crippen molar-refractivity contribution in [3.05, 3.63) is 0 Å². The van der Waals surface area contributed by atoms with Crippen LogP contribution in [0.3, 0.4) is 0 Å². The molecule has 0 aliphatic heterocycles. The van der Waals surface area contributed by atoms with Gasteiger partial charge in [0.15, 0.2) is 0 Å². The van der Waals surface area contributed by atoms with Gasteiger partial charge in [-0.1, -0.05) is 0 Å². The van der Waals surface area contributed by atoms with E-state index in [0.29, 0.717) is 11.8 Å². The quantitative estimate of drug-likeness (QED) is 0.802. The Bertz CT molecular complexity index is 365. The van der Waals surface area contributed by atoms with Crippen LogP contribution in [0.25, 0.3) is 0 Å². The highest BCUT2D eigenvalue weighted by atomic mass is 16.4. The monoisotopic (exact) mass is 237 g/mol. The van der Waals surface area contributed by atoms with Crippen LogP contribution in [0.5, 0.6) is 0 Å². The van der Waals surface area contributed by atoms with Crippen LogP contribution in [0.1, 0.15) is 26.2 Å². The van der Waals surface area contributed by atoms with Crippen LogP contribution in [0, 0.1) is 29.6 Å². The number of carbonyl (C=O) groups excluding carboxylic acids is 1. The molecule has 0 aromatic rings. The molecule has 1 N–H and O–H groups in total. The molecule has 0 spiro atoms. The van der Waals surface area contributed by atoms with Crippen LogP contribution in [0.4, 0.5) is 0 Å². The Hall–Kier alpha value is -1.06. The summed E-state index contributed by atoms with van der Waals surface area (Å²) in [5.74, 6) is 1.98. The molecular weight excluding hydrogens is 218 g/mol. The number of carbonyl (C=O) groups is 2. The van der Waals surface area contributed by atoms with E-state index in [0.717, 1.165) is 11.8 Å². The largest absolute Gasteiger partial charge is 0.480 e. The molecule has 0 saturated heterocycles. The van der Waals surface area contributed by atoms with Crippen LogP contribution in [0.15, 0.2) is 0 Å². The van der Waals surface area contributed by atoms with Gasteiger partial charge in [0, 0.05) is 13.0 Å². The lowest BCUT2D eigenvalue weighted by Crippen LogP contribution is -2.41. The van der Waals surface area contributed by atoms with Crippen molar-refractivity contribution >= 4 is 11.9 Å². The molecule has 5 atom stereocenters. The van der Waals surface area contributed by atoms with E-state index in [1.807, 2.05) is 0 Å². The maximum Gasteiger partial charge on any atom is 0.326 e. The van der Waals surface area contributed by atoms with Crippen LogP contribution in [-0.2, 0) is 9.59 Å². The standard InChI is InChI=1S/C13H19NO3/c1-6(13(16)17)14(2)12(15)11-9-7-3-4-8(5-7)10(9)11/h6-11H,3-5H2,1-2H3,(H,16,17). The van der Waals surface area contributed by atoms with Gasteiger partial charge in [-0.2, -0.15) is 0 Å². The SMILES string of the molecule is CC(C(=O)O)N(C)C(=O)C1C2C3CCC(C3)C12. The Kier molecular flexibility index (Phi) is 2.25. The van der Waals surface area contributed by atoms with Gasteiger partial charge in [-0.05, 0) is 49.9 Å². The van der Waals surface area contributed by atoms with E-state index >= 15 is 0 Å². The van der Waals surface area contributed by atoms with Crippen molar-refractivity contribution in [2.45, 2.75) is 32.2 Å². The van der Waals surface area contributed by atoms with E-state index in [1.165, 1.54) is 24.2 Å². The smallest absolute Gasteiger partial charge is 0.326 e. The van der Waals surface area contributed by atoms with E-state index in [9.17, 15) is 9.59 Å². The van der Waals surface area contributed by atoms with Gasteiger partial charge in [-0.15, -0.1) is 0 Å². The summed E-state index contributed by atoms with van der Waals surface area (Å²) < 4.78 is 0. The van der Waals surface area contributed by atoms with E-state index in [1.54, 1.807) is 14.0 Å². The molecular formula is C13H19NO3. The molecule has 3 fully saturated rings. The van der Waals surface area contributed by atoms with Gasteiger partial charge in [0.2, 0.25) is 5.91 Å².